The van der Waals surface area contributed by atoms with Gasteiger partial charge in [-0.2, -0.15) is 0 Å². The Bertz CT molecular complexity index is 2030. The van der Waals surface area contributed by atoms with Gasteiger partial charge in [-0.25, -0.2) is 17.6 Å². The van der Waals surface area contributed by atoms with Crippen LogP contribution in [0.25, 0.3) is 39.0 Å². The Balaban J connectivity index is 0.886. The van der Waals surface area contributed by atoms with E-state index in [-0.39, 0.29) is 28.4 Å². The number of benzene rings is 5. The normalized spacial score (nSPS) is 14.7. The summed E-state index contributed by atoms with van der Waals surface area (Å²) in [5.41, 5.74) is 5.62. The van der Waals surface area contributed by atoms with Crippen LogP contribution in [0.1, 0.15) is 55.7 Å². The van der Waals surface area contributed by atoms with Gasteiger partial charge in [0, 0.05) is 28.9 Å². The van der Waals surface area contributed by atoms with Gasteiger partial charge in [-0.1, -0.05) is 121 Å². The first kappa shape index (κ1) is 36.8. The molecule has 2 atom stereocenters. The predicted octanol–water partition coefficient (Wildman–Crippen LogP) is 12.9. The summed E-state index contributed by atoms with van der Waals surface area (Å²) in [6.07, 6.45) is 10.0. The lowest BCUT2D eigenvalue weighted by Gasteiger charge is -2.19. The Morgan fingerprint density at radius 2 is 1.02 bits per heavy atom. The second-order valence-electron chi connectivity index (χ2n) is 13.7. The molecule has 0 heterocycles. The average Bonchev–Trinajstić information content (AvgIpc) is 3.16. The third kappa shape index (κ3) is 8.91. The molecule has 6 heteroatoms. The molecule has 6 rings (SSSR count). The van der Waals surface area contributed by atoms with Gasteiger partial charge < -0.3 is 9.47 Å². The van der Waals surface area contributed by atoms with Crippen molar-refractivity contribution < 1.29 is 27.0 Å². The molecular formula is C46H44F4O2. The first-order valence-electron chi connectivity index (χ1n) is 18.0. The Labute approximate surface area is 304 Å². The van der Waals surface area contributed by atoms with Gasteiger partial charge in [-0.3, -0.25) is 0 Å². The predicted molar refractivity (Wildman–Crippen MR) is 203 cm³/mol. The third-order valence-electron chi connectivity index (χ3n) is 9.71. The van der Waals surface area contributed by atoms with E-state index in [0.29, 0.717) is 53.6 Å². The van der Waals surface area contributed by atoms with Crippen LogP contribution in [0.3, 0.4) is 0 Å². The van der Waals surface area contributed by atoms with E-state index >= 15 is 8.78 Å². The highest BCUT2D eigenvalue weighted by Gasteiger charge is 2.19. The summed E-state index contributed by atoms with van der Waals surface area (Å²) in [7, 11) is 0. The number of halogens is 4. The van der Waals surface area contributed by atoms with E-state index in [1.165, 1.54) is 0 Å². The second-order valence-corrected chi connectivity index (χ2v) is 13.7. The lowest BCUT2D eigenvalue weighted by Crippen LogP contribution is -2.13. The molecule has 0 saturated heterocycles. The van der Waals surface area contributed by atoms with Crippen molar-refractivity contribution in [3.8, 4) is 39.1 Å². The van der Waals surface area contributed by atoms with E-state index in [4.69, 9.17) is 9.47 Å². The number of allylic oxidation sites excluding steroid dienone is 2. The highest BCUT2D eigenvalue weighted by atomic mass is 19.2. The minimum atomic E-state index is -0.863. The van der Waals surface area contributed by atoms with Crippen LogP contribution >= 0.6 is 0 Å². The van der Waals surface area contributed by atoms with Crippen LogP contribution in [0, 0.1) is 43.0 Å². The van der Waals surface area contributed by atoms with Gasteiger partial charge in [-0.15, -0.1) is 0 Å². The third-order valence-corrected chi connectivity index (χ3v) is 9.71. The second kappa shape index (κ2) is 17.1. The van der Waals surface area contributed by atoms with Crippen LogP contribution in [-0.2, 0) is 4.74 Å². The summed E-state index contributed by atoms with van der Waals surface area (Å²) in [6, 6.07) is 28.3. The minimum Gasteiger partial charge on any atom is -0.494 e. The van der Waals surface area contributed by atoms with Crippen molar-refractivity contribution in [1.29, 1.82) is 0 Å². The van der Waals surface area contributed by atoms with E-state index in [0.717, 1.165) is 36.8 Å². The first-order valence-corrected chi connectivity index (χ1v) is 18.0. The molecule has 0 radical (unpaired) electrons. The maximum absolute atomic E-state index is 15.1. The number of rotatable bonds is 14. The van der Waals surface area contributed by atoms with Gasteiger partial charge in [0.25, 0.3) is 0 Å². The zero-order valence-corrected chi connectivity index (χ0v) is 29.9. The molecule has 1 aliphatic rings. The van der Waals surface area contributed by atoms with Gasteiger partial charge in [0.05, 0.1) is 12.7 Å². The molecule has 5 aromatic rings. The molecule has 52 heavy (non-hydrogen) atoms. The first-order chi connectivity index (χ1) is 25.2. The van der Waals surface area contributed by atoms with E-state index in [1.807, 2.05) is 56.3 Å². The van der Waals surface area contributed by atoms with Crippen molar-refractivity contribution in [3.63, 3.8) is 0 Å². The highest BCUT2D eigenvalue weighted by molar-refractivity contribution is 5.78. The fraction of sp³-hybridized carbons (Fsp3) is 0.261. The molecule has 268 valence electrons. The highest BCUT2D eigenvalue weighted by Crippen LogP contribution is 2.34. The Kier molecular flexibility index (Phi) is 12.1. The summed E-state index contributed by atoms with van der Waals surface area (Å²) in [6.45, 7) is 7.32. The van der Waals surface area contributed by atoms with E-state index in [2.05, 4.69) is 6.92 Å². The van der Waals surface area contributed by atoms with E-state index < -0.39 is 23.3 Å². The monoisotopic (exact) mass is 704 g/mol. The Hall–Kier alpha value is -4.94. The van der Waals surface area contributed by atoms with Crippen molar-refractivity contribution in [1.82, 2.24) is 0 Å². The molecule has 2 unspecified atom stereocenters. The number of hydrogen-bond donors (Lipinski definition) is 0. The molecular weight excluding hydrogens is 660 g/mol. The van der Waals surface area contributed by atoms with Crippen LogP contribution in [-0.4, -0.2) is 19.3 Å². The van der Waals surface area contributed by atoms with Gasteiger partial charge in [-0.05, 0) is 86.3 Å². The lowest BCUT2D eigenvalue weighted by molar-refractivity contribution is 0.0811. The Morgan fingerprint density at radius 3 is 1.50 bits per heavy atom. The van der Waals surface area contributed by atoms with E-state index in [1.54, 1.807) is 72.8 Å². The summed E-state index contributed by atoms with van der Waals surface area (Å²) in [5.74, 6) is -2.20. The minimum absolute atomic E-state index is 0.0906. The number of ether oxygens (including phenoxy) is 2. The molecule has 0 fully saturated rings. The molecule has 0 aliphatic heterocycles. The fourth-order valence-corrected chi connectivity index (χ4v) is 6.54. The van der Waals surface area contributed by atoms with Crippen molar-refractivity contribution in [3.05, 3.63) is 155 Å². The van der Waals surface area contributed by atoms with Crippen molar-refractivity contribution in [2.45, 2.75) is 59.0 Å². The number of hydrogen-bond acceptors (Lipinski definition) is 2. The van der Waals surface area contributed by atoms with Gasteiger partial charge >= 0.3 is 0 Å². The molecule has 0 spiro atoms. The van der Waals surface area contributed by atoms with Crippen LogP contribution in [0.5, 0.6) is 5.75 Å². The summed E-state index contributed by atoms with van der Waals surface area (Å²) in [5, 5.41) is 0. The topological polar surface area (TPSA) is 18.5 Å². The molecule has 1 aliphatic carbocycles. The SMILES string of the molecule is Cc1ccc(-c2ccc(C3=CCC(OCCCC(C)CCCOc4ccc(-c5ccc(-c6ccc(C)cc6)c(F)c5F)cc4)C=C3)c(F)c2F)cc1. The van der Waals surface area contributed by atoms with Crippen LogP contribution < -0.4 is 4.74 Å². The fourth-order valence-electron chi connectivity index (χ4n) is 6.54. The van der Waals surface area contributed by atoms with Crippen molar-refractivity contribution >= 4 is 5.57 Å². The summed E-state index contributed by atoms with van der Waals surface area (Å²) >= 11 is 0. The van der Waals surface area contributed by atoms with Gasteiger partial charge in [0.15, 0.2) is 23.3 Å². The number of aryl methyl sites for hydroxylation is 2. The standard InChI is InChI=1S/C46H44F4O2/c1-30(6-4-28-51-37-20-16-35(17-21-37)41-26-24-39(43(47)45(41)49)33-12-8-31(2)9-13-33)7-5-29-52-38-22-18-36(19-23-38)42-27-25-40(44(48)46(42)50)34-14-10-32(3)11-15-34/h8-22,24-27,30,38H,4-7,23,28-29H2,1-3H3. The smallest absolute Gasteiger partial charge is 0.167 e. The van der Waals surface area contributed by atoms with Crippen LogP contribution in [0.15, 0.2) is 115 Å². The van der Waals surface area contributed by atoms with Gasteiger partial charge in [0.2, 0.25) is 0 Å². The Morgan fingerprint density at radius 1 is 0.577 bits per heavy atom. The molecule has 0 bridgehead atoms. The van der Waals surface area contributed by atoms with Crippen LogP contribution in [0.4, 0.5) is 17.6 Å². The van der Waals surface area contributed by atoms with Crippen molar-refractivity contribution in [2.24, 2.45) is 5.92 Å². The summed E-state index contributed by atoms with van der Waals surface area (Å²) < 4.78 is 72.1. The molecule has 2 nitrogen and oxygen atoms in total. The molecule has 5 aromatic carbocycles. The lowest BCUT2D eigenvalue weighted by atomic mass is 9.95. The maximum Gasteiger partial charge on any atom is 0.167 e. The van der Waals surface area contributed by atoms with Crippen molar-refractivity contribution in [2.75, 3.05) is 13.2 Å². The van der Waals surface area contributed by atoms with Crippen LogP contribution in [0.2, 0.25) is 0 Å². The molecule has 0 N–H and O–H groups in total. The average molecular weight is 705 g/mol. The van der Waals surface area contributed by atoms with Gasteiger partial charge in [0.1, 0.15) is 5.75 Å². The summed E-state index contributed by atoms with van der Waals surface area (Å²) in [4.78, 5) is 0. The largest absolute Gasteiger partial charge is 0.494 e. The van der Waals surface area contributed by atoms with E-state index in [9.17, 15) is 8.78 Å². The maximum atomic E-state index is 15.1. The molecule has 0 amide bonds. The zero-order valence-electron chi connectivity index (χ0n) is 29.9. The quantitative estimate of drug-likeness (QED) is 0.0846. The zero-order chi connectivity index (χ0) is 36.6. The molecule has 0 saturated carbocycles. The molecule has 0 aromatic heterocycles.